The van der Waals surface area contributed by atoms with Crippen LogP contribution in [0.25, 0.3) is 11.1 Å². The fourth-order valence-electron chi connectivity index (χ4n) is 3.10. The van der Waals surface area contributed by atoms with Crippen molar-refractivity contribution in [3.63, 3.8) is 0 Å². The van der Waals surface area contributed by atoms with Crippen molar-refractivity contribution in [1.29, 1.82) is 0 Å². The molecule has 0 heterocycles. The van der Waals surface area contributed by atoms with E-state index in [1.165, 1.54) is 6.07 Å². The topological polar surface area (TPSA) is 38.4 Å². The van der Waals surface area contributed by atoms with Crippen LogP contribution in [0.3, 0.4) is 0 Å². The van der Waals surface area contributed by atoms with E-state index in [1.54, 1.807) is 6.92 Å². The van der Waals surface area contributed by atoms with Crippen LogP contribution in [0.15, 0.2) is 36.4 Å². The molecule has 0 aliphatic heterocycles. The van der Waals surface area contributed by atoms with Crippen molar-refractivity contribution in [2.45, 2.75) is 25.8 Å². The predicted molar refractivity (Wildman–Crippen MR) is 98.8 cm³/mol. The van der Waals surface area contributed by atoms with Gasteiger partial charge in [0.25, 0.3) is 0 Å². The van der Waals surface area contributed by atoms with E-state index in [2.05, 4.69) is 9.47 Å². The molecule has 0 bridgehead atoms. The quantitative estimate of drug-likeness (QED) is 0.316. The molecule has 13 heteroatoms. The number of hydrogen-bond donors (Lipinski definition) is 0. The average Bonchev–Trinajstić information content (AvgIpc) is 2.70. The normalized spacial score (nSPS) is 12.1. The van der Waals surface area contributed by atoms with Gasteiger partial charge in [-0.3, -0.25) is 5.11 Å². The van der Waals surface area contributed by atoms with Crippen molar-refractivity contribution in [2.75, 3.05) is 0 Å². The third-order valence-corrected chi connectivity index (χ3v) is 4.62. The zero-order valence-corrected chi connectivity index (χ0v) is 17.2. The molecule has 0 aromatic heterocycles. The van der Waals surface area contributed by atoms with Crippen LogP contribution in [-0.4, -0.2) is 6.36 Å². The monoisotopic (exact) mass is 513 g/mol. The van der Waals surface area contributed by atoms with E-state index in [-0.39, 0.29) is 18.2 Å². The first-order valence-corrected chi connectivity index (χ1v) is 9.44. The van der Waals surface area contributed by atoms with Gasteiger partial charge >= 0.3 is 12.5 Å². The molecule has 0 fully saturated rings. The molecule has 1 radical (unpaired) electrons. The Morgan fingerprint density at radius 2 is 1.37 bits per heavy atom. The maximum absolute atomic E-state index is 15.0. The molecular formula is C22H11F10O3. The predicted octanol–water partition coefficient (Wildman–Crippen LogP) is 7.78. The van der Waals surface area contributed by atoms with Gasteiger partial charge in [-0.25, -0.2) is 22.0 Å². The minimum atomic E-state index is -5.53. The lowest BCUT2D eigenvalue weighted by atomic mass is 9.97. The van der Waals surface area contributed by atoms with Gasteiger partial charge in [-0.15, -0.1) is 13.2 Å². The Balaban J connectivity index is 2.07. The molecule has 0 unspecified atom stereocenters. The van der Waals surface area contributed by atoms with Gasteiger partial charge in [0.05, 0.1) is 5.56 Å². The minimum absolute atomic E-state index is 0.0698. The van der Waals surface area contributed by atoms with Crippen LogP contribution < -0.4 is 9.47 Å². The molecule has 3 aromatic rings. The van der Waals surface area contributed by atoms with E-state index in [1.807, 2.05) is 0 Å². The molecule has 35 heavy (non-hydrogen) atoms. The summed E-state index contributed by atoms with van der Waals surface area (Å²) in [6.07, 6.45) is -10.3. The van der Waals surface area contributed by atoms with Crippen LogP contribution in [0, 0.1) is 29.1 Å². The molecule has 0 aliphatic carbocycles. The minimum Gasteiger partial charge on any atom is -0.429 e. The van der Waals surface area contributed by atoms with Crippen molar-refractivity contribution in [1.82, 2.24) is 0 Å². The lowest BCUT2D eigenvalue weighted by Crippen LogP contribution is -2.26. The summed E-state index contributed by atoms with van der Waals surface area (Å²) in [5.74, 6) is -14.7. The molecule has 3 rings (SSSR count). The van der Waals surface area contributed by atoms with Gasteiger partial charge in [-0.1, -0.05) is 19.1 Å². The summed E-state index contributed by atoms with van der Waals surface area (Å²) in [6, 6.07) is 2.71. The number of benzene rings is 3. The van der Waals surface area contributed by atoms with Crippen LogP contribution in [0.4, 0.5) is 43.9 Å². The Labute approximate surface area is 190 Å². The van der Waals surface area contributed by atoms with Gasteiger partial charge in [0.15, 0.2) is 23.2 Å². The molecule has 0 N–H and O–H groups in total. The molecule has 0 aliphatic rings. The van der Waals surface area contributed by atoms with Gasteiger partial charge in [0, 0.05) is 23.8 Å². The maximum Gasteiger partial charge on any atom is 0.573 e. The molecule has 0 spiro atoms. The largest absolute Gasteiger partial charge is 0.573 e. The van der Waals surface area contributed by atoms with Crippen molar-refractivity contribution in [3.8, 4) is 28.4 Å². The first-order chi connectivity index (χ1) is 16.1. The van der Waals surface area contributed by atoms with Gasteiger partial charge in [-0.2, -0.15) is 8.78 Å². The molecular weight excluding hydrogens is 502 g/mol. The van der Waals surface area contributed by atoms with Crippen molar-refractivity contribution >= 4 is 0 Å². The Kier molecular flexibility index (Phi) is 6.82. The summed E-state index contributed by atoms with van der Waals surface area (Å²) in [4.78, 5) is 0. The second-order valence-corrected chi connectivity index (χ2v) is 6.97. The molecule has 3 nitrogen and oxygen atoms in total. The maximum atomic E-state index is 15.0. The first kappa shape index (κ1) is 26.0. The second kappa shape index (κ2) is 9.19. The van der Waals surface area contributed by atoms with E-state index in [0.717, 1.165) is 12.1 Å². The van der Waals surface area contributed by atoms with Crippen molar-refractivity contribution in [2.24, 2.45) is 0 Å². The number of ether oxygens (including phenoxy) is 2. The molecule has 0 atom stereocenters. The fourth-order valence-corrected chi connectivity index (χ4v) is 3.10. The molecule has 0 amide bonds. The summed E-state index contributed by atoms with van der Waals surface area (Å²) in [7, 11) is 0. The second-order valence-electron chi connectivity index (χ2n) is 6.97. The van der Waals surface area contributed by atoms with E-state index in [4.69, 9.17) is 0 Å². The van der Waals surface area contributed by atoms with Crippen LogP contribution in [0.1, 0.15) is 18.1 Å². The lowest BCUT2D eigenvalue weighted by molar-refractivity contribution is -0.276. The highest BCUT2D eigenvalue weighted by atomic mass is 19.4. The number of aryl methyl sites for hydroxylation is 1. The highest BCUT2D eigenvalue weighted by molar-refractivity contribution is 5.72. The molecule has 0 saturated heterocycles. The van der Waals surface area contributed by atoms with Crippen LogP contribution >= 0.6 is 0 Å². The Morgan fingerprint density at radius 3 is 1.89 bits per heavy atom. The van der Waals surface area contributed by atoms with Gasteiger partial charge < -0.3 is 9.47 Å². The standard InChI is InChI=1S/C22H11F10O3/c1-2-9-3-4-11(12(23)5-9)17-16(33)8-13(24)18(19(17)27)21(28,29)34-10-6-14(25)20(15(26)7-10)35-22(30,31)32/h3-8H,2H2,1H3. The third kappa shape index (κ3) is 5.38. The number of halogens is 10. The van der Waals surface area contributed by atoms with Gasteiger partial charge in [0.1, 0.15) is 22.9 Å². The van der Waals surface area contributed by atoms with E-state index < -0.39 is 75.5 Å². The highest BCUT2D eigenvalue weighted by Gasteiger charge is 2.44. The SMILES string of the molecule is CCc1ccc(-c2c([O])cc(F)c(C(F)(F)Oc3cc(F)c(OC(F)(F)F)c(F)c3)c2F)c(F)c1. The van der Waals surface area contributed by atoms with E-state index >= 15 is 0 Å². The van der Waals surface area contributed by atoms with Crippen LogP contribution in [0.5, 0.6) is 17.2 Å². The number of hydrogen-bond acceptors (Lipinski definition) is 2. The van der Waals surface area contributed by atoms with E-state index in [9.17, 15) is 49.0 Å². The Bertz CT molecular complexity index is 1250. The van der Waals surface area contributed by atoms with Gasteiger partial charge in [-0.05, 0) is 18.1 Å². The van der Waals surface area contributed by atoms with Crippen molar-refractivity contribution in [3.05, 3.63) is 76.6 Å². The van der Waals surface area contributed by atoms with Crippen molar-refractivity contribution < 1.29 is 58.5 Å². The number of rotatable bonds is 6. The summed E-state index contributed by atoms with van der Waals surface area (Å²) in [5.41, 5.74) is -3.83. The summed E-state index contributed by atoms with van der Waals surface area (Å²) in [6.45, 7) is 1.65. The van der Waals surface area contributed by atoms with Crippen LogP contribution in [0.2, 0.25) is 0 Å². The fraction of sp³-hybridized carbons (Fsp3) is 0.182. The zero-order chi connectivity index (χ0) is 26.3. The third-order valence-electron chi connectivity index (χ3n) is 4.62. The first-order valence-electron chi connectivity index (χ1n) is 9.44. The Morgan fingerprint density at radius 1 is 0.771 bits per heavy atom. The smallest absolute Gasteiger partial charge is 0.429 e. The lowest BCUT2D eigenvalue weighted by Gasteiger charge is -2.21. The Hall–Kier alpha value is -3.64. The summed E-state index contributed by atoms with van der Waals surface area (Å²) < 4.78 is 144. The molecule has 187 valence electrons. The number of alkyl halides is 5. The average molecular weight is 513 g/mol. The highest BCUT2D eigenvalue weighted by Crippen LogP contribution is 2.44. The summed E-state index contributed by atoms with van der Waals surface area (Å²) in [5, 5.41) is 12.1. The zero-order valence-electron chi connectivity index (χ0n) is 17.2. The molecule has 3 aromatic carbocycles. The summed E-state index contributed by atoms with van der Waals surface area (Å²) >= 11 is 0. The molecule has 0 saturated carbocycles. The van der Waals surface area contributed by atoms with E-state index in [0.29, 0.717) is 12.0 Å². The van der Waals surface area contributed by atoms with Crippen LogP contribution in [-0.2, 0) is 17.6 Å². The van der Waals surface area contributed by atoms with Gasteiger partial charge in [0.2, 0.25) is 5.75 Å².